The zero-order valence-corrected chi connectivity index (χ0v) is 10.7. The van der Waals surface area contributed by atoms with E-state index >= 15 is 0 Å². The van der Waals surface area contributed by atoms with E-state index in [1.165, 1.54) is 17.3 Å². The molecule has 0 atom stereocenters. The predicted molar refractivity (Wildman–Crippen MR) is 72.5 cm³/mol. The number of rotatable bonds is 3. The summed E-state index contributed by atoms with van der Waals surface area (Å²) in [7, 11) is 0. The van der Waals surface area contributed by atoms with E-state index in [0.717, 1.165) is 22.6 Å². The van der Waals surface area contributed by atoms with Crippen LogP contribution in [0.2, 0.25) is 0 Å². The van der Waals surface area contributed by atoms with Crippen LogP contribution in [0.5, 0.6) is 0 Å². The van der Waals surface area contributed by atoms with Crippen LogP contribution in [0.4, 0.5) is 5.69 Å². The summed E-state index contributed by atoms with van der Waals surface area (Å²) in [5.41, 5.74) is 10.1. The maximum atomic E-state index is 10.7. The zero-order chi connectivity index (χ0) is 12.1. The Morgan fingerprint density at radius 3 is 2.69 bits per heavy atom. The van der Waals surface area contributed by atoms with Gasteiger partial charge in [-0.1, -0.05) is 30.0 Å². The molecule has 0 unspecified atom stereocenters. The normalized spacial score (nSPS) is 10.9. The average Bonchev–Trinajstić information content (AvgIpc) is 2.23. The van der Waals surface area contributed by atoms with Gasteiger partial charge in [0, 0.05) is 18.4 Å². The Morgan fingerprint density at radius 2 is 2.06 bits per heavy atom. The van der Waals surface area contributed by atoms with Gasteiger partial charge in [0.25, 0.3) is 0 Å². The Bertz CT molecular complexity index is 424. The zero-order valence-electron chi connectivity index (χ0n) is 9.91. The molecule has 0 heterocycles. The standard InChI is InChI=1S/C13H17NOS/c1-9-10(2)13(14)7-6-12(9)5-4-8-16-11(3)15/h4-7H,8,14H2,1-3H3. The van der Waals surface area contributed by atoms with Gasteiger partial charge in [0.15, 0.2) is 5.12 Å². The summed E-state index contributed by atoms with van der Waals surface area (Å²) in [4.78, 5) is 10.7. The van der Waals surface area contributed by atoms with E-state index in [2.05, 4.69) is 6.92 Å². The lowest BCUT2D eigenvalue weighted by molar-refractivity contribution is -0.109. The van der Waals surface area contributed by atoms with E-state index in [4.69, 9.17) is 5.73 Å². The lowest BCUT2D eigenvalue weighted by Crippen LogP contribution is -1.94. The topological polar surface area (TPSA) is 43.1 Å². The van der Waals surface area contributed by atoms with Crippen molar-refractivity contribution in [2.24, 2.45) is 0 Å². The van der Waals surface area contributed by atoms with Crippen molar-refractivity contribution >= 4 is 28.6 Å². The first-order valence-electron chi connectivity index (χ1n) is 5.18. The van der Waals surface area contributed by atoms with E-state index in [0.29, 0.717) is 0 Å². The molecule has 1 rings (SSSR count). The van der Waals surface area contributed by atoms with Crippen molar-refractivity contribution < 1.29 is 4.79 Å². The Kier molecular flexibility index (Phi) is 4.62. The molecule has 3 heteroatoms. The number of hydrogen-bond donors (Lipinski definition) is 1. The fourth-order valence-corrected chi connectivity index (χ4v) is 1.81. The molecule has 86 valence electrons. The molecular formula is C13H17NOS. The summed E-state index contributed by atoms with van der Waals surface area (Å²) in [6.45, 7) is 5.66. The molecule has 0 radical (unpaired) electrons. The molecule has 0 fully saturated rings. The monoisotopic (exact) mass is 235 g/mol. The SMILES string of the molecule is CC(=O)SCC=Cc1ccc(N)c(C)c1C. The Labute approximate surface area is 101 Å². The third-order valence-electron chi connectivity index (χ3n) is 2.55. The summed E-state index contributed by atoms with van der Waals surface area (Å²) >= 11 is 1.31. The minimum atomic E-state index is 0.148. The van der Waals surface area contributed by atoms with Crippen molar-refractivity contribution in [3.63, 3.8) is 0 Å². The molecule has 0 spiro atoms. The lowest BCUT2D eigenvalue weighted by Gasteiger charge is -2.07. The first-order chi connectivity index (χ1) is 7.52. The number of carbonyl (C=O) groups is 1. The maximum Gasteiger partial charge on any atom is 0.186 e. The van der Waals surface area contributed by atoms with Crippen molar-refractivity contribution in [3.8, 4) is 0 Å². The second-order valence-electron chi connectivity index (χ2n) is 3.70. The van der Waals surface area contributed by atoms with Crippen LogP contribution in [0, 0.1) is 13.8 Å². The fraction of sp³-hybridized carbons (Fsp3) is 0.308. The van der Waals surface area contributed by atoms with E-state index in [1.807, 2.05) is 31.2 Å². The van der Waals surface area contributed by atoms with Gasteiger partial charge in [-0.15, -0.1) is 0 Å². The summed E-state index contributed by atoms with van der Waals surface area (Å²) < 4.78 is 0. The highest BCUT2D eigenvalue weighted by atomic mass is 32.2. The van der Waals surface area contributed by atoms with Gasteiger partial charge in [-0.2, -0.15) is 0 Å². The Balaban J connectivity index is 2.74. The Morgan fingerprint density at radius 1 is 1.38 bits per heavy atom. The molecule has 1 aromatic rings. The van der Waals surface area contributed by atoms with Gasteiger partial charge in [-0.3, -0.25) is 4.79 Å². The van der Waals surface area contributed by atoms with E-state index in [1.54, 1.807) is 6.92 Å². The van der Waals surface area contributed by atoms with Gasteiger partial charge in [-0.05, 0) is 36.6 Å². The summed E-state index contributed by atoms with van der Waals surface area (Å²) in [6, 6.07) is 3.92. The minimum Gasteiger partial charge on any atom is -0.399 e. The summed E-state index contributed by atoms with van der Waals surface area (Å²) in [5, 5.41) is 0.148. The second-order valence-corrected chi connectivity index (χ2v) is 4.90. The molecule has 1 aromatic carbocycles. The van der Waals surface area contributed by atoms with Crippen LogP contribution in [-0.4, -0.2) is 10.9 Å². The van der Waals surface area contributed by atoms with Crippen molar-refractivity contribution in [1.82, 2.24) is 0 Å². The number of benzene rings is 1. The maximum absolute atomic E-state index is 10.7. The van der Waals surface area contributed by atoms with Crippen LogP contribution >= 0.6 is 11.8 Å². The Hall–Kier alpha value is -1.22. The predicted octanol–water partition coefficient (Wildman–Crippen LogP) is 3.18. The van der Waals surface area contributed by atoms with Crippen LogP contribution in [-0.2, 0) is 4.79 Å². The van der Waals surface area contributed by atoms with Crippen LogP contribution < -0.4 is 5.73 Å². The van der Waals surface area contributed by atoms with Crippen LogP contribution in [0.25, 0.3) is 6.08 Å². The number of nitrogens with two attached hydrogens (primary N) is 1. The molecule has 16 heavy (non-hydrogen) atoms. The van der Waals surface area contributed by atoms with Crippen LogP contribution in [0.3, 0.4) is 0 Å². The average molecular weight is 235 g/mol. The molecule has 0 aliphatic carbocycles. The van der Waals surface area contributed by atoms with Crippen molar-refractivity contribution in [1.29, 1.82) is 0 Å². The first-order valence-corrected chi connectivity index (χ1v) is 6.16. The third kappa shape index (κ3) is 3.42. The third-order valence-corrected chi connectivity index (χ3v) is 3.32. The number of carbonyl (C=O) groups excluding carboxylic acids is 1. The fourth-order valence-electron chi connectivity index (χ4n) is 1.38. The molecule has 0 aliphatic heterocycles. The molecule has 0 saturated heterocycles. The molecule has 0 saturated carbocycles. The molecule has 2 N–H and O–H groups in total. The molecular weight excluding hydrogens is 218 g/mol. The second kappa shape index (κ2) is 5.75. The summed E-state index contributed by atoms with van der Waals surface area (Å²) in [5.74, 6) is 0.720. The minimum absolute atomic E-state index is 0.148. The molecule has 0 bridgehead atoms. The van der Waals surface area contributed by atoms with Gasteiger partial charge < -0.3 is 5.73 Å². The highest BCUT2D eigenvalue weighted by Gasteiger charge is 2.01. The summed E-state index contributed by atoms with van der Waals surface area (Å²) in [6.07, 6.45) is 4.04. The smallest absolute Gasteiger partial charge is 0.186 e. The number of thioether (sulfide) groups is 1. The quantitative estimate of drug-likeness (QED) is 0.818. The van der Waals surface area contributed by atoms with Crippen LogP contribution in [0.1, 0.15) is 23.6 Å². The van der Waals surface area contributed by atoms with E-state index < -0.39 is 0 Å². The molecule has 0 aromatic heterocycles. The first kappa shape index (κ1) is 12.8. The lowest BCUT2D eigenvalue weighted by atomic mass is 10.0. The van der Waals surface area contributed by atoms with Gasteiger partial charge in [0.1, 0.15) is 0 Å². The highest BCUT2D eigenvalue weighted by molar-refractivity contribution is 8.13. The molecule has 0 aliphatic rings. The van der Waals surface area contributed by atoms with Crippen molar-refractivity contribution in [2.45, 2.75) is 20.8 Å². The van der Waals surface area contributed by atoms with Gasteiger partial charge in [0.2, 0.25) is 0 Å². The van der Waals surface area contributed by atoms with Crippen molar-refractivity contribution in [3.05, 3.63) is 34.9 Å². The van der Waals surface area contributed by atoms with Gasteiger partial charge in [0.05, 0.1) is 0 Å². The van der Waals surface area contributed by atoms with Crippen LogP contribution in [0.15, 0.2) is 18.2 Å². The van der Waals surface area contributed by atoms with Crippen molar-refractivity contribution in [2.75, 3.05) is 11.5 Å². The van der Waals surface area contributed by atoms with Gasteiger partial charge >= 0.3 is 0 Å². The number of anilines is 1. The van der Waals surface area contributed by atoms with E-state index in [9.17, 15) is 4.79 Å². The number of hydrogen-bond acceptors (Lipinski definition) is 3. The highest BCUT2D eigenvalue weighted by Crippen LogP contribution is 2.20. The van der Waals surface area contributed by atoms with E-state index in [-0.39, 0.29) is 5.12 Å². The molecule has 2 nitrogen and oxygen atoms in total. The molecule has 0 amide bonds. The number of nitrogen functional groups attached to an aromatic ring is 1. The van der Waals surface area contributed by atoms with Gasteiger partial charge in [-0.25, -0.2) is 0 Å². The largest absolute Gasteiger partial charge is 0.399 e.